The van der Waals surface area contributed by atoms with Gasteiger partial charge in [0.2, 0.25) is 0 Å². The summed E-state index contributed by atoms with van der Waals surface area (Å²) in [5, 5.41) is 4.32. The molecule has 2 heterocycles. The highest BCUT2D eigenvalue weighted by molar-refractivity contribution is 9.10. The largest absolute Gasteiger partial charge is 0.369 e. The summed E-state index contributed by atoms with van der Waals surface area (Å²) < 4.78 is 2.17. The summed E-state index contributed by atoms with van der Waals surface area (Å²) in [5.74, 6) is 1.12. The third kappa shape index (κ3) is 3.66. The zero-order valence-electron chi connectivity index (χ0n) is 12.9. The van der Waals surface area contributed by atoms with Crippen LogP contribution in [0.5, 0.6) is 0 Å². The number of anilines is 1. The molecule has 0 spiro atoms. The van der Waals surface area contributed by atoms with Crippen molar-refractivity contribution in [3.05, 3.63) is 21.0 Å². The van der Waals surface area contributed by atoms with Gasteiger partial charge in [-0.2, -0.15) is 5.10 Å². The number of hydrogen-bond acceptors (Lipinski definition) is 4. The minimum atomic E-state index is -0.0381. The molecule has 2 N–H and O–H groups in total. The van der Waals surface area contributed by atoms with Crippen LogP contribution in [0.15, 0.2) is 15.5 Å². The lowest BCUT2D eigenvalue weighted by Gasteiger charge is -2.38. The van der Waals surface area contributed by atoms with Crippen LogP contribution in [0.2, 0.25) is 0 Å². The molecule has 0 bridgehead atoms. The maximum Gasteiger partial charge on any atom is 0.283 e. The van der Waals surface area contributed by atoms with Crippen LogP contribution in [0.3, 0.4) is 0 Å². The molecule has 0 saturated carbocycles. The van der Waals surface area contributed by atoms with Crippen LogP contribution in [0.25, 0.3) is 0 Å². The van der Waals surface area contributed by atoms with Crippen LogP contribution < -0.4 is 16.2 Å². The molecule has 118 valence electrons. The Balaban J connectivity index is 2.21. The minimum Gasteiger partial charge on any atom is -0.369 e. The van der Waals surface area contributed by atoms with Crippen molar-refractivity contribution in [1.29, 1.82) is 0 Å². The number of nitrogens with zero attached hydrogens (tertiary/aromatic N) is 3. The molecule has 0 amide bonds. The summed E-state index contributed by atoms with van der Waals surface area (Å²) in [6, 6.07) is 0. The monoisotopic (exact) mass is 356 g/mol. The van der Waals surface area contributed by atoms with E-state index in [1.54, 1.807) is 4.68 Å². The Morgan fingerprint density at radius 3 is 2.95 bits per heavy atom. The highest BCUT2D eigenvalue weighted by Gasteiger charge is 2.27. The zero-order chi connectivity index (χ0) is 15.4. The maximum atomic E-state index is 12.4. The van der Waals surface area contributed by atoms with Crippen LogP contribution in [0.4, 0.5) is 5.69 Å². The highest BCUT2D eigenvalue weighted by Crippen LogP contribution is 2.29. The number of hydrogen-bond donors (Lipinski definition) is 1. The fraction of sp³-hybridized carbons (Fsp3) is 0.733. The SMILES string of the molecule is CCCCn1ncc(N2CCC(C)C(CN)C2)c(Br)c1=O. The molecule has 0 aliphatic carbocycles. The van der Waals surface area contributed by atoms with E-state index >= 15 is 0 Å². The fourth-order valence-corrected chi connectivity index (χ4v) is 3.38. The molecule has 2 unspecified atom stereocenters. The third-order valence-electron chi connectivity index (χ3n) is 4.45. The van der Waals surface area contributed by atoms with Crippen molar-refractivity contribution in [3.8, 4) is 0 Å². The van der Waals surface area contributed by atoms with Crippen LogP contribution in [-0.2, 0) is 6.54 Å². The number of rotatable bonds is 5. The summed E-state index contributed by atoms with van der Waals surface area (Å²) in [6.07, 6.45) is 4.93. The van der Waals surface area contributed by atoms with Crippen LogP contribution in [0, 0.1) is 11.8 Å². The lowest BCUT2D eigenvalue weighted by molar-refractivity contribution is 0.307. The van der Waals surface area contributed by atoms with Gasteiger partial charge in [0.25, 0.3) is 5.56 Å². The topological polar surface area (TPSA) is 64.2 Å². The van der Waals surface area contributed by atoms with E-state index in [4.69, 9.17) is 5.73 Å². The second-order valence-corrected chi connectivity index (χ2v) is 6.73. The van der Waals surface area contributed by atoms with E-state index in [1.165, 1.54) is 0 Å². The van der Waals surface area contributed by atoms with E-state index < -0.39 is 0 Å². The second kappa shape index (κ2) is 7.40. The van der Waals surface area contributed by atoms with Gasteiger partial charge in [0.1, 0.15) is 4.47 Å². The van der Waals surface area contributed by atoms with Crippen molar-refractivity contribution >= 4 is 21.6 Å². The Kier molecular flexibility index (Phi) is 5.81. The molecule has 6 heteroatoms. The van der Waals surface area contributed by atoms with Gasteiger partial charge in [-0.3, -0.25) is 4.79 Å². The predicted molar refractivity (Wildman–Crippen MR) is 89.6 cm³/mol. The van der Waals surface area contributed by atoms with Crippen molar-refractivity contribution in [3.63, 3.8) is 0 Å². The number of nitrogens with two attached hydrogens (primary N) is 1. The summed E-state index contributed by atoms with van der Waals surface area (Å²) in [5.41, 5.74) is 6.72. The first kappa shape index (κ1) is 16.5. The average molecular weight is 357 g/mol. The molecule has 1 aliphatic heterocycles. The molecule has 5 nitrogen and oxygen atoms in total. The molecule has 1 aromatic heterocycles. The van der Waals surface area contributed by atoms with Gasteiger partial charge < -0.3 is 10.6 Å². The lowest BCUT2D eigenvalue weighted by atomic mass is 9.87. The van der Waals surface area contributed by atoms with Gasteiger partial charge >= 0.3 is 0 Å². The summed E-state index contributed by atoms with van der Waals surface area (Å²) >= 11 is 3.47. The van der Waals surface area contributed by atoms with E-state index in [0.29, 0.717) is 29.4 Å². The van der Waals surface area contributed by atoms with Crippen molar-refractivity contribution in [2.45, 2.75) is 39.7 Å². The van der Waals surface area contributed by atoms with Gasteiger partial charge in [-0.05, 0) is 47.2 Å². The Morgan fingerprint density at radius 1 is 1.52 bits per heavy atom. The van der Waals surface area contributed by atoms with Crippen molar-refractivity contribution in [2.24, 2.45) is 17.6 Å². The molecule has 2 rings (SSSR count). The van der Waals surface area contributed by atoms with E-state index in [0.717, 1.165) is 38.0 Å². The molecule has 2 atom stereocenters. The van der Waals surface area contributed by atoms with Crippen LogP contribution in [-0.4, -0.2) is 29.4 Å². The first-order valence-electron chi connectivity index (χ1n) is 7.79. The summed E-state index contributed by atoms with van der Waals surface area (Å²) in [6.45, 7) is 7.58. The lowest BCUT2D eigenvalue weighted by Crippen LogP contribution is -2.43. The van der Waals surface area contributed by atoms with Gasteiger partial charge in [0, 0.05) is 19.6 Å². The van der Waals surface area contributed by atoms with E-state index in [-0.39, 0.29) is 5.56 Å². The molecular formula is C15H25BrN4O. The first-order valence-corrected chi connectivity index (χ1v) is 8.58. The molecule has 0 aromatic carbocycles. The van der Waals surface area contributed by atoms with Gasteiger partial charge in [-0.25, -0.2) is 4.68 Å². The molecule has 21 heavy (non-hydrogen) atoms. The Morgan fingerprint density at radius 2 is 2.29 bits per heavy atom. The number of aryl methyl sites for hydroxylation is 1. The summed E-state index contributed by atoms with van der Waals surface area (Å²) in [7, 11) is 0. The molecule has 1 fully saturated rings. The second-order valence-electron chi connectivity index (χ2n) is 5.93. The quantitative estimate of drug-likeness (QED) is 0.878. The van der Waals surface area contributed by atoms with Gasteiger partial charge in [-0.15, -0.1) is 0 Å². The summed E-state index contributed by atoms with van der Waals surface area (Å²) in [4.78, 5) is 14.6. The van der Waals surface area contributed by atoms with Crippen LogP contribution >= 0.6 is 15.9 Å². The Hall–Kier alpha value is -0.880. The van der Waals surface area contributed by atoms with E-state index in [2.05, 4.69) is 39.8 Å². The number of aromatic nitrogens is 2. The number of unbranched alkanes of at least 4 members (excludes halogenated alkanes) is 1. The molecular weight excluding hydrogens is 332 g/mol. The van der Waals surface area contributed by atoms with Gasteiger partial charge in [0.15, 0.2) is 0 Å². The van der Waals surface area contributed by atoms with Crippen molar-refractivity contribution in [2.75, 3.05) is 24.5 Å². The molecule has 0 radical (unpaired) electrons. The van der Waals surface area contributed by atoms with Gasteiger partial charge in [0.05, 0.1) is 11.9 Å². The van der Waals surface area contributed by atoms with Crippen molar-refractivity contribution < 1.29 is 0 Å². The predicted octanol–water partition coefficient (Wildman–Crippen LogP) is 2.23. The Labute approximate surface area is 134 Å². The molecule has 1 aromatic rings. The maximum absolute atomic E-state index is 12.4. The van der Waals surface area contributed by atoms with Crippen molar-refractivity contribution in [1.82, 2.24) is 9.78 Å². The normalized spacial score (nSPS) is 22.6. The average Bonchev–Trinajstić information content (AvgIpc) is 2.49. The first-order chi connectivity index (χ1) is 10.1. The molecule has 1 aliphatic rings. The third-order valence-corrected chi connectivity index (χ3v) is 5.19. The number of halogens is 1. The standard InChI is InChI=1S/C15H25BrN4O/c1-3-4-6-20-15(21)14(16)13(9-18-20)19-7-5-11(2)12(8-17)10-19/h9,11-12H,3-8,10,17H2,1-2H3. The molecule has 1 saturated heterocycles. The van der Waals surface area contributed by atoms with Crippen LogP contribution in [0.1, 0.15) is 33.1 Å². The van der Waals surface area contributed by atoms with E-state index in [1.807, 2.05) is 6.20 Å². The van der Waals surface area contributed by atoms with Gasteiger partial charge in [-0.1, -0.05) is 20.3 Å². The zero-order valence-corrected chi connectivity index (χ0v) is 14.5. The fourth-order valence-electron chi connectivity index (χ4n) is 2.82. The Bertz CT molecular complexity index is 531. The van der Waals surface area contributed by atoms with E-state index in [9.17, 15) is 4.79 Å². The highest BCUT2D eigenvalue weighted by atomic mass is 79.9. The minimum absolute atomic E-state index is 0.0381. The number of piperidine rings is 1. The smallest absolute Gasteiger partial charge is 0.283 e.